The molecule has 1 N–H and O–H groups in total. The van der Waals surface area contributed by atoms with E-state index >= 15 is 0 Å². The Balaban J connectivity index is 2.01. The van der Waals surface area contributed by atoms with Crippen LogP contribution in [0.3, 0.4) is 0 Å². The van der Waals surface area contributed by atoms with Crippen molar-refractivity contribution in [3.8, 4) is 6.07 Å². The first-order chi connectivity index (χ1) is 9.72. The number of hydrogen-bond donors (Lipinski definition) is 1. The Morgan fingerprint density at radius 2 is 2.20 bits per heavy atom. The topological polar surface area (TPSA) is 40.8 Å². The molecule has 0 saturated carbocycles. The summed E-state index contributed by atoms with van der Waals surface area (Å²) >= 11 is 0. The number of halogens is 1. The lowest BCUT2D eigenvalue weighted by Crippen LogP contribution is -2.13. The fourth-order valence-corrected chi connectivity index (χ4v) is 2.04. The van der Waals surface area contributed by atoms with Crippen LogP contribution in [0.2, 0.25) is 0 Å². The molecule has 0 aliphatic rings. The zero-order chi connectivity index (χ0) is 14.4. The molecule has 0 radical (unpaired) electrons. The molecule has 2 aromatic rings. The van der Waals surface area contributed by atoms with Gasteiger partial charge in [-0.2, -0.15) is 5.26 Å². The fraction of sp³-hybridized carbons (Fsp3) is 0.312. The lowest BCUT2D eigenvalue weighted by molar-refractivity contribution is 0.599. The summed E-state index contributed by atoms with van der Waals surface area (Å²) in [5.41, 5.74) is 2.13. The van der Waals surface area contributed by atoms with Crippen molar-refractivity contribution in [2.75, 3.05) is 6.54 Å². The zero-order valence-electron chi connectivity index (χ0n) is 11.6. The number of nitriles is 1. The van der Waals surface area contributed by atoms with E-state index in [1.807, 2.05) is 29.1 Å². The minimum atomic E-state index is -0.330. The molecule has 3 nitrogen and oxygen atoms in total. The van der Waals surface area contributed by atoms with E-state index in [1.54, 1.807) is 12.1 Å². The lowest BCUT2D eigenvalue weighted by atomic mass is 10.1. The summed E-state index contributed by atoms with van der Waals surface area (Å²) in [6.07, 6.45) is 5.07. The maximum absolute atomic E-state index is 13.8. The molecule has 1 heterocycles. The van der Waals surface area contributed by atoms with Crippen molar-refractivity contribution in [3.63, 3.8) is 0 Å². The second kappa shape index (κ2) is 6.88. The van der Waals surface area contributed by atoms with Gasteiger partial charge in [-0.25, -0.2) is 4.39 Å². The van der Waals surface area contributed by atoms with Gasteiger partial charge in [0.2, 0.25) is 0 Å². The van der Waals surface area contributed by atoms with E-state index in [0.717, 1.165) is 19.5 Å². The number of hydrogen-bond acceptors (Lipinski definition) is 2. The van der Waals surface area contributed by atoms with Crippen LogP contribution in [0.4, 0.5) is 4.39 Å². The average molecular weight is 271 g/mol. The Labute approximate surface area is 118 Å². The summed E-state index contributed by atoms with van der Waals surface area (Å²) in [5, 5.41) is 12.1. The molecule has 0 aliphatic heterocycles. The monoisotopic (exact) mass is 271 g/mol. The largest absolute Gasteiger partial charge is 0.349 e. The van der Waals surface area contributed by atoms with Crippen LogP contribution in [0.1, 0.15) is 30.0 Å². The molecule has 0 saturated heterocycles. The van der Waals surface area contributed by atoms with Gasteiger partial charge in [0.25, 0.3) is 0 Å². The number of nitrogens with zero attached hydrogens (tertiary/aromatic N) is 2. The van der Waals surface area contributed by atoms with Crippen LogP contribution in [-0.4, -0.2) is 11.1 Å². The first-order valence-corrected chi connectivity index (χ1v) is 6.77. The smallest absolute Gasteiger partial charge is 0.129 e. The third kappa shape index (κ3) is 3.69. The Bertz CT molecular complexity index is 610. The summed E-state index contributed by atoms with van der Waals surface area (Å²) in [6, 6.07) is 8.56. The highest BCUT2D eigenvalue weighted by Crippen LogP contribution is 2.12. The summed E-state index contributed by atoms with van der Waals surface area (Å²) in [6.45, 7) is 4.43. The molecule has 20 heavy (non-hydrogen) atoms. The van der Waals surface area contributed by atoms with E-state index in [9.17, 15) is 4.39 Å². The van der Waals surface area contributed by atoms with Gasteiger partial charge in [0.05, 0.1) is 11.6 Å². The first-order valence-electron chi connectivity index (χ1n) is 6.77. The van der Waals surface area contributed by atoms with Gasteiger partial charge in [-0.15, -0.1) is 0 Å². The van der Waals surface area contributed by atoms with Gasteiger partial charge in [0.1, 0.15) is 5.82 Å². The summed E-state index contributed by atoms with van der Waals surface area (Å²) in [5.74, 6) is -0.330. The molecular weight excluding hydrogens is 253 g/mol. The molecule has 0 unspecified atom stereocenters. The van der Waals surface area contributed by atoms with E-state index in [4.69, 9.17) is 5.26 Å². The third-order valence-electron chi connectivity index (χ3n) is 3.10. The normalized spacial score (nSPS) is 10.4. The Morgan fingerprint density at radius 3 is 2.90 bits per heavy atom. The first kappa shape index (κ1) is 14.3. The second-order valence-electron chi connectivity index (χ2n) is 4.79. The van der Waals surface area contributed by atoms with E-state index in [2.05, 4.69) is 12.2 Å². The number of benzene rings is 1. The van der Waals surface area contributed by atoms with Crippen LogP contribution >= 0.6 is 0 Å². The van der Waals surface area contributed by atoms with Gasteiger partial charge >= 0.3 is 0 Å². The van der Waals surface area contributed by atoms with Crippen molar-refractivity contribution in [2.45, 2.75) is 26.4 Å². The molecule has 0 atom stereocenters. The highest BCUT2D eigenvalue weighted by Gasteiger charge is 2.05. The predicted octanol–water partition coefficient (Wildman–Crippen LogP) is 3.05. The van der Waals surface area contributed by atoms with Crippen LogP contribution < -0.4 is 5.32 Å². The van der Waals surface area contributed by atoms with E-state index < -0.39 is 0 Å². The Kier molecular flexibility index (Phi) is 4.91. The van der Waals surface area contributed by atoms with Crippen LogP contribution in [0, 0.1) is 17.1 Å². The summed E-state index contributed by atoms with van der Waals surface area (Å²) in [7, 11) is 0. The summed E-state index contributed by atoms with van der Waals surface area (Å²) in [4.78, 5) is 0. The van der Waals surface area contributed by atoms with Gasteiger partial charge in [0, 0.05) is 31.0 Å². The van der Waals surface area contributed by atoms with Crippen molar-refractivity contribution < 1.29 is 4.39 Å². The number of nitrogens with one attached hydrogen (secondary N) is 1. The molecule has 0 amide bonds. The van der Waals surface area contributed by atoms with Gasteiger partial charge in [-0.3, -0.25) is 0 Å². The molecule has 1 aromatic heterocycles. The van der Waals surface area contributed by atoms with Crippen LogP contribution in [-0.2, 0) is 13.1 Å². The third-order valence-corrected chi connectivity index (χ3v) is 3.10. The molecule has 4 heteroatoms. The molecule has 0 aliphatic carbocycles. The highest BCUT2D eigenvalue weighted by atomic mass is 19.1. The average Bonchev–Trinajstić information content (AvgIpc) is 2.89. The van der Waals surface area contributed by atoms with Crippen molar-refractivity contribution in [1.82, 2.24) is 9.88 Å². The van der Waals surface area contributed by atoms with Gasteiger partial charge in [0.15, 0.2) is 0 Å². The highest BCUT2D eigenvalue weighted by molar-refractivity contribution is 5.33. The number of rotatable bonds is 6. The maximum Gasteiger partial charge on any atom is 0.129 e. The molecule has 104 valence electrons. The van der Waals surface area contributed by atoms with E-state index in [-0.39, 0.29) is 5.82 Å². The SMILES string of the molecule is CCCNCc1ccn(Cc2ccc(C#N)cc2F)c1. The predicted molar refractivity (Wildman–Crippen MR) is 76.6 cm³/mol. The van der Waals surface area contributed by atoms with Crippen molar-refractivity contribution in [1.29, 1.82) is 5.26 Å². The molecular formula is C16H18FN3. The van der Waals surface area contributed by atoms with Crippen molar-refractivity contribution in [3.05, 3.63) is 59.2 Å². The van der Waals surface area contributed by atoms with Gasteiger partial charge in [-0.1, -0.05) is 13.0 Å². The molecule has 1 aromatic carbocycles. The van der Waals surface area contributed by atoms with Crippen molar-refractivity contribution in [2.24, 2.45) is 0 Å². The van der Waals surface area contributed by atoms with Crippen LogP contribution in [0.5, 0.6) is 0 Å². The Morgan fingerprint density at radius 1 is 1.35 bits per heavy atom. The minimum Gasteiger partial charge on any atom is -0.349 e. The molecule has 2 rings (SSSR count). The van der Waals surface area contributed by atoms with Crippen molar-refractivity contribution >= 4 is 0 Å². The quantitative estimate of drug-likeness (QED) is 0.820. The van der Waals surface area contributed by atoms with E-state index in [1.165, 1.54) is 11.6 Å². The fourth-order valence-electron chi connectivity index (χ4n) is 2.04. The second-order valence-corrected chi connectivity index (χ2v) is 4.79. The zero-order valence-corrected chi connectivity index (χ0v) is 11.6. The maximum atomic E-state index is 13.8. The molecule has 0 bridgehead atoms. The van der Waals surface area contributed by atoms with Crippen LogP contribution in [0.25, 0.3) is 0 Å². The standard InChI is InChI=1S/C16H18FN3/c1-2-6-19-10-14-5-7-20(11-14)12-15-4-3-13(9-18)8-16(15)17/h3-5,7-8,11,19H,2,6,10,12H2,1H3. The number of aromatic nitrogens is 1. The van der Waals surface area contributed by atoms with E-state index in [0.29, 0.717) is 17.7 Å². The van der Waals surface area contributed by atoms with Crippen LogP contribution in [0.15, 0.2) is 36.7 Å². The minimum absolute atomic E-state index is 0.330. The molecule has 0 spiro atoms. The lowest BCUT2D eigenvalue weighted by Gasteiger charge is -2.05. The van der Waals surface area contributed by atoms with Gasteiger partial charge in [-0.05, 0) is 36.7 Å². The Hall–Kier alpha value is -2.12. The molecule has 0 fully saturated rings. The summed E-state index contributed by atoms with van der Waals surface area (Å²) < 4.78 is 15.8. The van der Waals surface area contributed by atoms with Gasteiger partial charge < -0.3 is 9.88 Å².